The fourth-order valence-electron chi connectivity index (χ4n) is 3.04. The lowest BCUT2D eigenvalue weighted by atomic mass is 10.2. The largest absolute Gasteiger partial charge is 0.484 e. The molecule has 4 aromatic rings. The SMILES string of the molecule is CCc1nn2c(=O)cc(COC(=O)c3cccc(NC(=O)COc4ccc(C)cc4)c3)nc2s1. The molecule has 0 fully saturated rings. The number of carbonyl (C=O) groups excluding carboxylic acids is 2. The fourth-order valence-corrected chi connectivity index (χ4v) is 3.90. The highest BCUT2D eigenvalue weighted by Crippen LogP contribution is 2.15. The van der Waals surface area contributed by atoms with Gasteiger partial charge >= 0.3 is 5.97 Å². The molecule has 1 N–H and O–H groups in total. The maximum Gasteiger partial charge on any atom is 0.338 e. The molecule has 4 rings (SSSR count). The van der Waals surface area contributed by atoms with E-state index in [-0.39, 0.29) is 30.2 Å². The van der Waals surface area contributed by atoms with E-state index in [0.29, 0.717) is 28.5 Å². The van der Waals surface area contributed by atoms with Gasteiger partial charge < -0.3 is 14.8 Å². The Bertz CT molecular complexity index is 1390. The maximum absolute atomic E-state index is 12.5. The number of nitrogens with zero attached hydrogens (tertiary/aromatic N) is 3. The molecular weight excluding hydrogens is 456 g/mol. The second-order valence-corrected chi connectivity index (χ2v) is 8.48. The van der Waals surface area contributed by atoms with Crippen LogP contribution in [0, 0.1) is 6.92 Å². The van der Waals surface area contributed by atoms with E-state index in [0.717, 1.165) is 10.6 Å². The van der Waals surface area contributed by atoms with Crippen molar-refractivity contribution in [2.45, 2.75) is 26.9 Å². The summed E-state index contributed by atoms with van der Waals surface area (Å²) in [6, 6.07) is 15.0. The molecule has 0 aliphatic rings. The molecule has 2 aromatic carbocycles. The van der Waals surface area contributed by atoms with Crippen molar-refractivity contribution in [2.75, 3.05) is 11.9 Å². The van der Waals surface area contributed by atoms with Crippen LogP contribution in [0.2, 0.25) is 0 Å². The van der Waals surface area contributed by atoms with Crippen molar-refractivity contribution in [2.24, 2.45) is 0 Å². The van der Waals surface area contributed by atoms with Crippen molar-refractivity contribution < 1.29 is 19.1 Å². The summed E-state index contributed by atoms with van der Waals surface area (Å²) in [5.74, 6) is -0.374. The number of benzene rings is 2. The minimum Gasteiger partial charge on any atom is -0.484 e. The molecule has 2 aromatic heterocycles. The molecule has 10 heteroatoms. The van der Waals surface area contributed by atoms with Gasteiger partial charge in [0.1, 0.15) is 17.4 Å². The molecule has 0 saturated carbocycles. The Labute approximate surface area is 199 Å². The molecule has 0 bridgehead atoms. The number of ether oxygens (including phenoxy) is 2. The van der Waals surface area contributed by atoms with Gasteiger partial charge in [-0.3, -0.25) is 9.59 Å². The van der Waals surface area contributed by atoms with Crippen molar-refractivity contribution in [3.63, 3.8) is 0 Å². The highest BCUT2D eigenvalue weighted by molar-refractivity contribution is 7.16. The van der Waals surface area contributed by atoms with Gasteiger partial charge in [-0.25, -0.2) is 9.78 Å². The van der Waals surface area contributed by atoms with E-state index in [1.54, 1.807) is 30.3 Å². The summed E-state index contributed by atoms with van der Waals surface area (Å²) in [5.41, 5.74) is 1.79. The predicted octanol–water partition coefficient (Wildman–Crippen LogP) is 3.40. The summed E-state index contributed by atoms with van der Waals surface area (Å²) in [4.78, 5) is 41.7. The van der Waals surface area contributed by atoms with Gasteiger partial charge in [0.15, 0.2) is 6.61 Å². The zero-order valence-corrected chi connectivity index (χ0v) is 19.4. The summed E-state index contributed by atoms with van der Waals surface area (Å²) in [7, 11) is 0. The summed E-state index contributed by atoms with van der Waals surface area (Å²) < 4.78 is 12.0. The second-order valence-electron chi connectivity index (χ2n) is 7.44. The minimum absolute atomic E-state index is 0.162. The zero-order valence-electron chi connectivity index (χ0n) is 18.6. The highest BCUT2D eigenvalue weighted by atomic mass is 32.1. The molecule has 0 saturated heterocycles. The van der Waals surface area contributed by atoms with Crippen LogP contribution in [-0.4, -0.2) is 33.1 Å². The molecule has 0 atom stereocenters. The number of esters is 1. The number of hydrogen-bond donors (Lipinski definition) is 1. The predicted molar refractivity (Wildman–Crippen MR) is 127 cm³/mol. The molecule has 2 heterocycles. The van der Waals surface area contributed by atoms with Gasteiger partial charge in [-0.05, 0) is 43.7 Å². The van der Waals surface area contributed by atoms with Crippen LogP contribution in [0.5, 0.6) is 5.75 Å². The third-order valence-electron chi connectivity index (χ3n) is 4.77. The normalized spacial score (nSPS) is 10.8. The molecule has 34 heavy (non-hydrogen) atoms. The maximum atomic E-state index is 12.5. The Kier molecular flexibility index (Phi) is 6.98. The van der Waals surface area contributed by atoms with Crippen LogP contribution in [-0.2, 0) is 22.6 Å². The number of carbonyl (C=O) groups is 2. The third-order valence-corrected chi connectivity index (χ3v) is 5.82. The van der Waals surface area contributed by atoms with Crippen LogP contribution in [0.4, 0.5) is 5.69 Å². The number of aryl methyl sites for hydroxylation is 2. The molecular formula is C24H22N4O5S. The van der Waals surface area contributed by atoms with E-state index < -0.39 is 5.97 Å². The minimum atomic E-state index is -0.604. The van der Waals surface area contributed by atoms with Gasteiger partial charge in [0.25, 0.3) is 11.5 Å². The Balaban J connectivity index is 1.35. The monoisotopic (exact) mass is 478 g/mol. The Morgan fingerprint density at radius 2 is 1.91 bits per heavy atom. The van der Waals surface area contributed by atoms with Crippen LogP contribution in [0.1, 0.15) is 33.5 Å². The standard InChI is InChI=1S/C24H22N4O5S/c1-3-21-27-28-22(30)12-18(26-24(28)34-21)13-33-23(31)16-5-4-6-17(11-16)25-20(29)14-32-19-9-7-15(2)8-10-19/h4-12H,3,13-14H2,1-2H3,(H,25,29). The van der Waals surface area contributed by atoms with E-state index in [9.17, 15) is 14.4 Å². The van der Waals surface area contributed by atoms with Gasteiger partial charge in [-0.15, -0.1) is 0 Å². The first-order valence-corrected chi connectivity index (χ1v) is 11.4. The van der Waals surface area contributed by atoms with Crippen molar-refractivity contribution in [1.29, 1.82) is 0 Å². The lowest BCUT2D eigenvalue weighted by molar-refractivity contribution is -0.118. The third kappa shape index (κ3) is 5.65. The van der Waals surface area contributed by atoms with E-state index in [2.05, 4.69) is 15.4 Å². The summed E-state index contributed by atoms with van der Waals surface area (Å²) in [6.07, 6.45) is 0.697. The summed E-state index contributed by atoms with van der Waals surface area (Å²) in [6.45, 7) is 3.58. The van der Waals surface area contributed by atoms with Crippen LogP contribution < -0.4 is 15.6 Å². The highest BCUT2D eigenvalue weighted by Gasteiger charge is 2.13. The van der Waals surface area contributed by atoms with E-state index in [1.807, 2.05) is 26.0 Å². The topological polar surface area (TPSA) is 112 Å². The van der Waals surface area contributed by atoms with Gasteiger partial charge in [0.2, 0.25) is 4.96 Å². The zero-order chi connectivity index (χ0) is 24.1. The smallest absolute Gasteiger partial charge is 0.338 e. The van der Waals surface area contributed by atoms with E-state index >= 15 is 0 Å². The van der Waals surface area contributed by atoms with Crippen molar-refractivity contribution in [3.8, 4) is 5.75 Å². The first kappa shape index (κ1) is 23.1. The van der Waals surface area contributed by atoms with Crippen LogP contribution >= 0.6 is 11.3 Å². The number of fused-ring (bicyclic) bond motifs is 1. The average Bonchev–Trinajstić information content (AvgIpc) is 3.26. The molecule has 174 valence electrons. The van der Waals surface area contributed by atoms with Gasteiger partial charge in [0, 0.05) is 11.8 Å². The number of anilines is 1. The number of aromatic nitrogens is 3. The molecule has 0 spiro atoms. The van der Waals surface area contributed by atoms with Gasteiger partial charge in [-0.2, -0.15) is 9.61 Å². The van der Waals surface area contributed by atoms with Crippen molar-refractivity contribution >= 4 is 33.9 Å². The summed E-state index contributed by atoms with van der Waals surface area (Å²) in [5, 5.41) is 7.68. The van der Waals surface area contributed by atoms with Crippen LogP contribution in [0.3, 0.4) is 0 Å². The lowest BCUT2D eigenvalue weighted by Crippen LogP contribution is -2.20. The molecule has 9 nitrogen and oxygen atoms in total. The Morgan fingerprint density at radius 3 is 2.68 bits per heavy atom. The van der Waals surface area contributed by atoms with E-state index in [1.165, 1.54) is 28.0 Å². The van der Waals surface area contributed by atoms with Gasteiger partial charge in [-0.1, -0.05) is 42.0 Å². The second kappa shape index (κ2) is 10.3. The van der Waals surface area contributed by atoms with Crippen LogP contribution in [0.25, 0.3) is 4.96 Å². The molecule has 0 aliphatic heterocycles. The van der Waals surface area contributed by atoms with E-state index in [4.69, 9.17) is 9.47 Å². The summed E-state index contributed by atoms with van der Waals surface area (Å²) >= 11 is 1.32. The van der Waals surface area contributed by atoms with Gasteiger partial charge in [0.05, 0.1) is 11.3 Å². The number of amides is 1. The average molecular weight is 479 g/mol. The quantitative estimate of drug-likeness (QED) is 0.386. The first-order valence-electron chi connectivity index (χ1n) is 10.6. The molecule has 0 radical (unpaired) electrons. The Morgan fingerprint density at radius 1 is 1.12 bits per heavy atom. The molecule has 0 aliphatic carbocycles. The number of nitrogens with one attached hydrogen (secondary N) is 1. The van der Waals surface area contributed by atoms with Crippen molar-refractivity contribution in [1.82, 2.24) is 14.6 Å². The lowest BCUT2D eigenvalue weighted by Gasteiger charge is -2.09. The Hall–Kier alpha value is -4.05. The number of rotatable bonds is 8. The van der Waals surface area contributed by atoms with Crippen LogP contribution in [0.15, 0.2) is 59.4 Å². The van der Waals surface area contributed by atoms with Crippen molar-refractivity contribution in [3.05, 3.63) is 86.8 Å². The number of hydrogen-bond acceptors (Lipinski definition) is 8. The fraction of sp³-hybridized carbons (Fsp3) is 0.208. The molecule has 1 amide bonds. The first-order chi connectivity index (χ1) is 16.4. The molecule has 0 unspecified atom stereocenters.